The molecule has 1 amide bonds. The summed E-state index contributed by atoms with van der Waals surface area (Å²) in [5.41, 5.74) is 0.268. The molecule has 4 nitrogen and oxygen atoms in total. The van der Waals surface area contributed by atoms with E-state index in [1.807, 2.05) is 6.92 Å². The second kappa shape index (κ2) is 7.63. The molecule has 0 atom stereocenters. The molecule has 0 unspecified atom stereocenters. The van der Waals surface area contributed by atoms with Crippen LogP contribution in [-0.2, 0) is 4.79 Å². The molecule has 19 heavy (non-hydrogen) atoms. The van der Waals surface area contributed by atoms with Gasteiger partial charge >= 0.3 is 6.61 Å². The lowest BCUT2D eigenvalue weighted by atomic mass is 10.3. The third-order valence-electron chi connectivity index (χ3n) is 2.08. The Morgan fingerprint density at radius 2 is 2.11 bits per heavy atom. The molecule has 0 heterocycles. The van der Waals surface area contributed by atoms with Gasteiger partial charge in [0, 0.05) is 6.42 Å². The van der Waals surface area contributed by atoms with Crippen molar-refractivity contribution in [3.63, 3.8) is 0 Å². The molecule has 1 aromatic carbocycles. The Morgan fingerprint density at radius 1 is 1.42 bits per heavy atom. The number of rotatable bonds is 5. The number of carbonyl (C=O) groups excluding carboxylic acids is 1. The van der Waals surface area contributed by atoms with Gasteiger partial charge in [0.05, 0.1) is 5.69 Å². The van der Waals surface area contributed by atoms with Crippen molar-refractivity contribution in [1.29, 1.82) is 0 Å². The zero-order valence-corrected chi connectivity index (χ0v) is 11.1. The summed E-state index contributed by atoms with van der Waals surface area (Å²) in [6, 6.07) is 6.10. The summed E-state index contributed by atoms with van der Waals surface area (Å²) in [5, 5.41) is 5.14. The smallest absolute Gasteiger partial charge is 0.387 e. The van der Waals surface area contributed by atoms with Crippen molar-refractivity contribution in [3.05, 3.63) is 24.3 Å². The van der Waals surface area contributed by atoms with Gasteiger partial charge in [-0.3, -0.25) is 4.79 Å². The molecule has 0 bridgehead atoms. The van der Waals surface area contributed by atoms with E-state index in [4.69, 9.17) is 12.2 Å². The summed E-state index contributed by atoms with van der Waals surface area (Å²) in [7, 11) is 0. The molecule has 2 N–H and O–H groups in total. The molecule has 0 aliphatic carbocycles. The number of halogens is 2. The van der Waals surface area contributed by atoms with Gasteiger partial charge in [-0.15, -0.1) is 0 Å². The van der Waals surface area contributed by atoms with E-state index in [-0.39, 0.29) is 22.5 Å². The molecule has 0 aliphatic rings. The van der Waals surface area contributed by atoms with Crippen molar-refractivity contribution < 1.29 is 18.3 Å². The first-order valence-electron chi connectivity index (χ1n) is 5.67. The predicted molar refractivity (Wildman–Crippen MR) is 72.3 cm³/mol. The van der Waals surface area contributed by atoms with Crippen LogP contribution >= 0.6 is 12.2 Å². The first-order chi connectivity index (χ1) is 9.02. The van der Waals surface area contributed by atoms with Crippen LogP contribution in [0.25, 0.3) is 0 Å². The van der Waals surface area contributed by atoms with Crippen LogP contribution in [0.2, 0.25) is 0 Å². The van der Waals surface area contributed by atoms with Crippen LogP contribution in [0.15, 0.2) is 24.3 Å². The Labute approximate surface area is 115 Å². The summed E-state index contributed by atoms with van der Waals surface area (Å²) in [6.45, 7) is -1.06. The maximum absolute atomic E-state index is 12.2. The fourth-order valence-electron chi connectivity index (χ4n) is 1.34. The van der Waals surface area contributed by atoms with Gasteiger partial charge in [-0.05, 0) is 30.8 Å². The molecule has 104 valence electrons. The van der Waals surface area contributed by atoms with Gasteiger partial charge in [0.25, 0.3) is 0 Å². The minimum Gasteiger partial charge on any atom is -0.433 e. The Bertz CT molecular complexity index is 455. The van der Waals surface area contributed by atoms with E-state index in [9.17, 15) is 13.6 Å². The molecule has 1 aromatic rings. The van der Waals surface area contributed by atoms with Gasteiger partial charge < -0.3 is 15.4 Å². The lowest BCUT2D eigenvalue weighted by molar-refractivity contribution is -0.119. The minimum absolute atomic E-state index is 0.0374. The molecule has 0 fully saturated rings. The van der Waals surface area contributed by atoms with Crippen LogP contribution in [-0.4, -0.2) is 17.6 Å². The molecule has 0 aliphatic heterocycles. The minimum atomic E-state index is -2.92. The van der Waals surface area contributed by atoms with E-state index in [0.29, 0.717) is 12.8 Å². The number of hydrogen-bond acceptors (Lipinski definition) is 3. The average Bonchev–Trinajstić information content (AvgIpc) is 2.31. The largest absolute Gasteiger partial charge is 0.433 e. The molecule has 0 radical (unpaired) electrons. The average molecular weight is 288 g/mol. The van der Waals surface area contributed by atoms with E-state index in [1.165, 1.54) is 12.1 Å². The molecule has 0 spiro atoms. The normalized spacial score (nSPS) is 10.1. The summed E-state index contributed by atoms with van der Waals surface area (Å²) in [4.78, 5) is 11.3. The molecular weight excluding hydrogens is 274 g/mol. The number of ether oxygens (including phenoxy) is 1. The van der Waals surface area contributed by atoms with Crippen LogP contribution in [0.1, 0.15) is 19.8 Å². The van der Waals surface area contributed by atoms with Crippen molar-refractivity contribution in [3.8, 4) is 5.75 Å². The lowest BCUT2D eigenvalue weighted by Gasteiger charge is -2.13. The van der Waals surface area contributed by atoms with Crippen molar-refractivity contribution in [2.75, 3.05) is 5.32 Å². The standard InChI is InChI=1S/C12H14F2N2O2S/c1-2-5-10(17)16-12(19)15-8-6-3-4-7-9(8)18-11(13)14/h3-4,6-7,11H,2,5H2,1H3,(H2,15,16,17,19). The molecule has 7 heteroatoms. The number of anilines is 1. The van der Waals surface area contributed by atoms with Crippen molar-refractivity contribution in [1.82, 2.24) is 5.32 Å². The van der Waals surface area contributed by atoms with Gasteiger partial charge in [-0.1, -0.05) is 19.1 Å². The Balaban J connectivity index is 2.65. The van der Waals surface area contributed by atoms with Crippen LogP contribution < -0.4 is 15.4 Å². The number of hydrogen-bond donors (Lipinski definition) is 2. The van der Waals surface area contributed by atoms with Gasteiger partial charge in [0.2, 0.25) is 5.91 Å². The highest BCUT2D eigenvalue weighted by Crippen LogP contribution is 2.25. The Hall–Kier alpha value is -1.76. The number of alkyl halides is 2. The summed E-state index contributed by atoms with van der Waals surface area (Å²) in [6.07, 6.45) is 1.04. The van der Waals surface area contributed by atoms with Crippen LogP contribution in [0, 0.1) is 0 Å². The molecular formula is C12H14F2N2O2S. The number of thiocarbonyl (C=S) groups is 1. The van der Waals surface area contributed by atoms with Gasteiger partial charge in [0.1, 0.15) is 5.75 Å². The monoisotopic (exact) mass is 288 g/mol. The molecule has 1 rings (SSSR count). The zero-order valence-electron chi connectivity index (χ0n) is 10.3. The van der Waals surface area contributed by atoms with Crippen LogP contribution in [0.3, 0.4) is 0 Å². The number of carbonyl (C=O) groups is 1. The second-order valence-corrected chi connectivity index (χ2v) is 4.04. The zero-order chi connectivity index (χ0) is 14.3. The molecule has 0 saturated carbocycles. The van der Waals surface area contributed by atoms with E-state index in [0.717, 1.165) is 0 Å². The summed E-state index contributed by atoms with van der Waals surface area (Å²) in [5.74, 6) is -0.267. The van der Waals surface area contributed by atoms with E-state index < -0.39 is 6.61 Å². The van der Waals surface area contributed by atoms with E-state index in [1.54, 1.807) is 12.1 Å². The van der Waals surface area contributed by atoms with Crippen molar-refractivity contribution >= 4 is 28.9 Å². The van der Waals surface area contributed by atoms with E-state index in [2.05, 4.69) is 15.4 Å². The second-order valence-electron chi connectivity index (χ2n) is 3.63. The van der Waals surface area contributed by atoms with Crippen molar-refractivity contribution in [2.45, 2.75) is 26.4 Å². The van der Waals surface area contributed by atoms with Gasteiger partial charge in [-0.25, -0.2) is 0 Å². The van der Waals surface area contributed by atoms with E-state index >= 15 is 0 Å². The highest BCUT2D eigenvalue weighted by molar-refractivity contribution is 7.80. The molecule has 0 aromatic heterocycles. The molecule has 0 saturated heterocycles. The summed E-state index contributed by atoms with van der Waals surface area (Å²) >= 11 is 4.91. The maximum Gasteiger partial charge on any atom is 0.387 e. The topological polar surface area (TPSA) is 50.4 Å². The van der Waals surface area contributed by atoms with Gasteiger partial charge in [-0.2, -0.15) is 8.78 Å². The maximum atomic E-state index is 12.2. The number of nitrogens with one attached hydrogen (secondary N) is 2. The highest BCUT2D eigenvalue weighted by Gasteiger charge is 2.10. The third kappa shape index (κ3) is 5.60. The predicted octanol–water partition coefficient (Wildman–Crippen LogP) is 2.90. The van der Waals surface area contributed by atoms with Crippen LogP contribution in [0.5, 0.6) is 5.75 Å². The fraction of sp³-hybridized carbons (Fsp3) is 0.333. The third-order valence-corrected chi connectivity index (χ3v) is 2.29. The SMILES string of the molecule is CCCC(=O)NC(=S)Nc1ccccc1OC(F)F. The fourth-order valence-corrected chi connectivity index (χ4v) is 1.56. The number of benzene rings is 1. The van der Waals surface area contributed by atoms with Crippen LogP contribution in [0.4, 0.5) is 14.5 Å². The quantitative estimate of drug-likeness (QED) is 0.818. The first-order valence-corrected chi connectivity index (χ1v) is 6.08. The Morgan fingerprint density at radius 3 is 2.74 bits per heavy atom. The number of amides is 1. The highest BCUT2D eigenvalue weighted by atomic mass is 32.1. The van der Waals surface area contributed by atoms with Gasteiger partial charge in [0.15, 0.2) is 5.11 Å². The first kappa shape index (κ1) is 15.3. The Kier molecular flexibility index (Phi) is 6.14. The summed E-state index contributed by atoms with van der Waals surface area (Å²) < 4.78 is 28.7. The number of para-hydroxylation sites is 2. The van der Waals surface area contributed by atoms with Crippen molar-refractivity contribution in [2.24, 2.45) is 0 Å². The lowest BCUT2D eigenvalue weighted by Crippen LogP contribution is -2.33.